The van der Waals surface area contributed by atoms with E-state index in [0.29, 0.717) is 26.2 Å². The Kier molecular flexibility index (Phi) is 4.48. The maximum Gasteiger partial charge on any atom is 0.410 e. The molecule has 22 heavy (non-hydrogen) atoms. The predicted octanol–water partition coefficient (Wildman–Crippen LogP) is 1.23. The Bertz CT molecular complexity index is 545. The summed E-state index contributed by atoms with van der Waals surface area (Å²) < 4.78 is 5.34. The van der Waals surface area contributed by atoms with Gasteiger partial charge in [-0.15, -0.1) is 0 Å². The SMILES string of the molecule is CC(C)(C)OC(=O)N1CCN(c2cnc(C(=O)O)nc2)CC1. The lowest BCUT2D eigenvalue weighted by atomic mass is 10.2. The highest BCUT2D eigenvalue weighted by Gasteiger charge is 2.26. The molecule has 0 atom stereocenters. The van der Waals surface area contributed by atoms with Crippen LogP contribution in [-0.4, -0.2) is 63.8 Å². The van der Waals surface area contributed by atoms with E-state index in [4.69, 9.17) is 9.84 Å². The van der Waals surface area contributed by atoms with Gasteiger partial charge in [0.05, 0.1) is 18.1 Å². The zero-order valence-corrected chi connectivity index (χ0v) is 12.9. The molecule has 1 fully saturated rings. The lowest BCUT2D eigenvalue weighted by Crippen LogP contribution is -2.50. The molecule has 0 spiro atoms. The molecule has 0 radical (unpaired) electrons. The third-order valence-electron chi connectivity index (χ3n) is 3.13. The van der Waals surface area contributed by atoms with Crippen LogP contribution in [0.5, 0.6) is 0 Å². The summed E-state index contributed by atoms with van der Waals surface area (Å²) in [5.74, 6) is -1.38. The predicted molar refractivity (Wildman–Crippen MR) is 79.0 cm³/mol. The minimum absolute atomic E-state index is 0.226. The van der Waals surface area contributed by atoms with Crippen molar-refractivity contribution in [3.8, 4) is 0 Å². The molecule has 1 aliphatic heterocycles. The van der Waals surface area contributed by atoms with Crippen LogP contribution in [0.4, 0.5) is 10.5 Å². The average Bonchev–Trinajstić information content (AvgIpc) is 2.46. The normalized spacial score (nSPS) is 15.6. The van der Waals surface area contributed by atoms with Crippen molar-refractivity contribution in [3.05, 3.63) is 18.2 Å². The van der Waals surface area contributed by atoms with Crippen LogP contribution in [0.2, 0.25) is 0 Å². The molecule has 0 aromatic carbocycles. The summed E-state index contributed by atoms with van der Waals surface area (Å²) in [5, 5.41) is 8.78. The molecule has 0 bridgehead atoms. The van der Waals surface area contributed by atoms with Crippen LogP contribution < -0.4 is 4.90 Å². The van der Waals surface area contributed by atoms with Gasteiger partial charge in [0.2, 0.25) is 5.82 Å². The van der Waals surface area contributed by atoms with Gasteiger partial charge in [0, 0.05) is 26.2 Å². The van der Waals surface area contributed by atoms with E-state index in [1.54, 1.807) is 4.90 Å². The van der Waals surface area contributed by atoms with E-state index in [2.05, 4.69) is 9.97 Å². The molecule has 1 N–H and O–H groups in total. The minimum Gasteiger partial charge on any atom is -0.475 e. The molecule has 1 saturated heterocycles. The molecule has 0 aliphatic carbocycles. The number of rotatable bonds is 2. The van der Waals surface area contributed by atoms with E-state index in [1.165, 1.54) is 12.4 Å². The Morgan fingerprint density at radius 2 is 1.68 bits per heavy atom. The van der Waals surface area contributed by atoms with E-state index in [9.17, 15) is 9.59 Å². The topological polar surface area (TPSA) is 95.9 Å². The monoisotopic (exact) mass is 308 g/mol. The number of carboxylic acids is 1. The highest BCUT2D eigenvalue weighted by molar-refractivity contribution is 5.83. The first-order chi connectivity index (χ1) is 10.3. The number of carboxylic acid groups (broad SMARTS) is 1. The van der Waals surface area contributed by atoms with Crippen molar-refractivity contribution in [1.29, 1.82) is 0 Å². The summed E-state index contributed by atoms with van der Waals surface area (Å²) in [6.07, 6.45) is 2.66. The molecule has 2 heterocycles. The van der Waals surface area contributed by atoms with Crippen LogP contribution in [0.3, 0.4) is 0 Å². The minimum atomic E-state index is -1.15. The van der Waals surface area contributed by atoms with E-state index in [1.807, 2.05) is 25.7 Å². The Morgan fingerprint density at radius 1 is 1.14 bits per heavy atom. The fourth-order valence-corrected chi connectivity index (χ4v) is 2.07. The van der Waals surface area contributed by atoms with E-state index < -0.39 is 11.6 Å². The summed E-state index contributed by atoms with van der Waals surface area (Å²) in [4.78, 5) is 34.0. The largest absolute Gasteiger partial charge is 0.475 e. The van der Waals surface area contributed by atoms with Gasteiger partial charge in [-0.1, -0.05) is 0 Å². The Balaban J connectivity index is 1.91. The molecular weight excluding hydrogens is 288 g/mol. The fraction of sp³-hybridized carbons (Fsp3) is 0.571. The second kappa shape index (κ2) is 6.17. The number of amides is 1. The number of nitrogens with zero attached hydrogens (tertiary/aromatic N) is 4. The van der Waals surface area contributed by atoms with Crippen molar-refractivity contribution < 1.29 is 19.4 Å². The first-order valence-corrected chi connectivity index (χ1v) is 7.04. The fourth-order valence-electron chi connectivity index (χ4n) is 2.07. The van der Waals surface area contributed by atoms with E-state index >= 15 is 0 Å². The molecule has 1 amide bonds. The highest BCUT2D eigenvalue weighted by atomic mass is 16.6. The molecule has 1 aromatic rings. The number of anilines is 1. The summed E-state index contributed by atoms with van der Waals surface area (Å²) in [7, 11) is 0. The maximum absolute atomic E-state index is 12.0. The third-order valence-corrected chi connectivity index (χ3v) is 3.13. The maximum atomic E-state index is 12.0. The molecule has 1 aromatic heterocycles. The molecule has 8 nitrogen and oxygen atoms in total. The molecular formula is C14H20N4O4. The summed E-state index contributed by atoms with van der Waals surface area (Å²) in [6, 6.07) is 0. The van der Waals surface area contributed by atoms with Gasteiger partial charge in [-0.3, -0.25) is 0 Å². The molecule has 120 valence electrons. The molecule has 8 heteroatoms. The number of ether oxygens (including phenoxy) is 1. The van der Waals surface area contributed by atoms with E-state index in [-0.39, 0.29) is 11.9 Å². The Labute approximate surface area is 128 Å². The molecule has 0 saturated carbocycles. The Morgan fingerprint density at radius 3 is 2.14 bits per heavy atom. The van der Waals surface area contributed by atoms with Gasteiger partial charge in [-0.05, 0) is 20.8 Å². The van der Waals surface area contributed by atoms with E-state index in [0.717, 1.165) is 5.69 Å². The van der Waals surface area contributed by atoms with Crippen LogP contribution >= 0.6 is 0 Å². The number of carbonyl (C=O) groups excluding carboxylic acids is 1. The summed E-state index contributed by atoms with van der Waals surface area (Å²) >= 11 is 0. The molecule has 2 rings (SSSR count). The zero-order valence-electron chi connectivity index (χ0n) is 12.9. The smallest absolute Gasteiger partial charge is 0.410 e. The number of piperazine rings is 1. The van der Waals surface area contributed by atoms with Gasteiger partial charge in [-0.2, -0.15) is 0 Å². The number of carbonyl (C=O) groups is 2. The van der Waals surface area contributed by atoms with Gasteiger partial charge in [-0.25, -0.2) is 19.6 Å². The van der Waals surface area contributed by atoms with Crippen LogP contribution in [0.1, 0.15) is 31.4 Å². The molecule has 0 unspecified atom stereocenters. The van der Waals surface area contributed by atoms with Crippen molar-refractivity contribution >= 4 is 17.7 Å². The number of aromatic nitrogens is 2. The highest BCUT2D eigenvalue weighted by Crippen LogP contribution is 2.16. The molecule has 1 aliphatic rings. The van der Waals surface area contributed by atoms with Crippen LogP contribution in [-0.2, 0) is 4.74 Å². The van der Waals surface area contributed by atoms with Gasteiger partial charge in [0.1, 0.15) is 5.60 Å². The van der Waals surface area contributed by atoms with Crippen LogP contribution in [0.15, 0.2) is 12.4 Å². The number of aromatic carboxylic acids is 1. The van der Waals surface area contributed by atoms with Crippen molar-refractivity contribution in [2.24, 2.45) is 0 Å². The van der Waals surface area contributed by atoms with Crippen molar-refractivity contribution in [1.82, 2.24) is 14.9 Å². The first kappa shape index (κ1) is 16.0. The Hall–Kier alpha value is -2.38. The van der Waals surface area contributed by atoms with Gasteiger partial charge in [0.15, 0.2) is 0 Å². The van der Waals surface area contributed by atoms with Gasteiger partial charge in [0.25, 0.3) is 0 Å². The zero-order chi connectivity index (χ0) is 16.3. The second-order valence-electron chi connectivity index (χ2n) is 6.02. The van der Waals surface area contributed by atoms with Crippen molar-refractivity contribution in [2.45, 2.75) is 26.4 Å². The lowest BCUT2D eigenvalue weighted by molar-refractivity contribution is 0.0240. The van der Waals surface area contributed by atoms with Crippen molar-refractivity contribution in [3.63, 3.8) is 0 Å². The number of hydrogen-bond acceptors (Lipinski definition) is 6. The second-order valence-corrected chi connectivity index (χ2v) is 6.02. The van der Waals surface area contributed by atoms with Gasteiger partial charge >= 0.3 is 12.1 Å². The summed E-state index contributed by atoms with van der Waals surface area (Å²) in [6.45, 7) is 7.82. The number of hydrogen-bond donors (Lipinski definition) is 1. The average molecular weight is 308 g/mol. The quantitative estimate of drug-likeness (QED) is 0.877. The lowest BCUT2D eigenvalue weighted by Gasteiger charge is -2.36. The summed E-state index contributed by atoms with van der Waals surface area (Å²) in [5.41, 5.74) is 0.239. The van der Waals surface area contributed by atoms with Crippen molar-refractivity contribution in [2.75, 3.05) is 31.1 Å². The first-order valence-electron chi connectivity index (χ1n) is 7.04. The van der Waals surface area contributed by atoms with Crippen LogP contribution in [0.25, 0.3) is 0 Å². The third kappa shape index (κ3) is 4.06. The van der Waals surface area contributed by atoms with Gasteiger partial charge < -0.3 is 19.6 Å². The van der Waals surface area contributed by atoms with Crippen LogP contribution in [0, 0.1) is 0 Å². The standard InChI is InChI=1S/C14H20N4O4/c1-14(2,3)22-13(21)18-6-4-17(5-7-18)10-8-15-11(12(19)20)16-9-10/h8-9H,4-7H2,1-3H3,(H,19,20).